The van der Waals surface area contributed by atoms with Crippen LogP contribution in [0.1, 0.15) is 41.0 Å². The van der Waals surface area contributed by atoms with E-state index in [9.17, 15) is 4.79 Å². The van der Waals surface area contributed by atoms with E-state index in [1.54, 1.807) is 6.07 Å². The number of halogens is 1. The molecule has 0 aromatic carbocycles. The van der Waals surface area contributed by atoms with Crippen LogP contribution in [0.3, 0.4) is 0 Å². The molecule has 1 aliphatic carbocycles. The van der Waals surface area contributed by atoms with Crippen LogP contribution in [0.4, 0.5) is 0 Å². The van der Waals surface area contributed by atoms with E-state index < -0.39 is 0 Å². The molecule has 18 heavy (non-hydrogen) atoms. The zero-order valence-electron chi connectivity index (χ0n) is 10.8. The summed E-state index contributed by atoms with van der Waals surface area (Å²) in [5.74, 6) is -0.0358. The third-order valence-corrected chi connectivity index (χ3v) is 3.95. The molecule has 0 spiro atoms. The van der Waals surface area contributed by atoms with Gasteiger partial charge in [0.15, 0.2) is 0 Å². The number of nitrogens with zero attached hydrogens (tertiary/aromatic N) is 2. The standard InChI is InChI=1S/C13H18BrN3O/c1-9-7-11(10(2)17-16-9)12(18)15-8-13(3-4-13)5-6-14/h7H,3-6,8H2,1-2H3,(H,15,18). The number of amides is 1. The van der Waals surface area contributed by atoms with Gasteiger partial charge in [-0.15, -0.1) is 0 Å². The van der Waals surface area contributed by atoms with Gasteiger partial charge in [-0.3, -0.25) is 4.79 Å². The zero-order valence-corrected chi connectivity index (χ0v) is 12.4. The topological polar surface area (TPSA) is 54.9 Å². The van der Waals surface area contributed by atoms with E-state index in [2.05, 4.69) is 31.4 Å². The third-order valence-electron chi connectivity index (χ3n) is 3.55. The van der Waals surface area contributed by atoms with Gasteiger partial charge in [0, 0.05) is 11.9 Å². The summed E-state index contributed by atoms with van der Waals surface area (Å²) in [5.41, 5.74) is 2.43. The van der Waals surface area contributed by atoms with E-state index in [0.29, 0.717) is 16.7 Å². The molecule has 0 atom stereocenters. The number of hydrogen-bond acceptors (Lipinski definition) is 3. The fourth-order valence-electron chi connectivity index (χ4n) is 2.04. The predicted octanol–water partition coefficient (Wildman–Crippen LogP) is 2.39. The van der Waals surface area contributed by atoms with Crippen LogP contribution in [0.5, 0.6) is 0 Å². The summed E-state index contributed by atoms with van der Waals surface area (Å²) in [7, 11) is 0. The average Bonchev–Trinajstić information content (AvgIpc) is 3.10. The number of nitrogens with one attached hydrogen (secondary N) is 1. The Morgan fingerprint density at radius 2 is 2.17 bits per heavy atom. The van der Waals surface area contributed by atoms with Crippen LogP contribution in [0, 0.1) is 19.3 Å². The molecule has 0 bridgehead atoms. The van der Waals surface area contributed by atoms with E-state index >= 15 is 0 Å². The lowest BCUT2D eigenvalue weighted by Gasteiger charge is -2.15. The van der Waals surface area contributed by atoms with Gasteiger partial charge in [0.1, 0.15) is 0 Å². The highest BCUT2D eigenvalue weighted by molar-refractivity contribution is 9.09. The molecule has 1 saturated carbocycles. The SMILES string of the molecule is Cc1cc(C(=O)NCC2(CCBr)CC2)c(C)nn1. The molecule has 1 amide bonds. The Hall–Kier alpha value is -0.970. The highest BCUT2D eigenvalue weighted by Crippen LogP contribution is 2.48. The van der Waals surface area contributed by atoms with Gasteiger partial charge in [-0.05, 0) is 44.6 Å². The van der Waals surface area contributed by atoms with Gasteiger partial charge in [0.05, 0.1) is 17.0 Å². The molecule has 1 aliphatic rings. The predicted molar refractivity (Wildman–Crippen MR) is 73.9 cm³/mol. The van der Waals surface area contributed by atoms with Crippen molar-refractivity contribution in [3.63, 3.8) is 0 Å². The average molecular weight is 312 g/mol. The number of carbonyl (C=O) groups excluding carboxylic acids is 1. The Labute approximate surface area is 116 Å². The van der Waals surface area contributed by atoms with Crippen molar-refractivity contribution in [2.24, 2.45) is 5.41 Å². The van der Waals surface area contributed by atoms with Gasteiger partial charge in [0.2, 0.25) is 0 Å². The quantitative estimate of drug-likeness (QED) is 0.849. The molecule has 1 aromatic heterocycles. The Bertz CT molecular complexity index is 458. The van der Waals surface area contributed by atoms with Crippen LogP contribution >= 0.6 is 15.9 Å². The van der Waals surface area contributed by atoms with Crippen molar-refractivity contribution in [1.29, 1.82) is 0 Å². The van der Waals surface area contributed by atoms with Crippen molar-refractivity contribution in [3.05, 3.63) is 23.0 Å². The first kappa shape index (κ1) is 13.5. The second kappa shape index (κ2) is 5.34. The molecule has 0 saturated heterocycles. The second-order valence-corrected chi connectivity index (χ2v) is 5.90. The molecule has 98 valence electrons. The summed E-state index contributed by atoms with van der Waals surface area (Å²) >= 11 is 3.47. The molecule has 1 aromatic rings. The fraction of sp³-hybridized carbons (Fsp3) is 0.615. The molecular weight excluding hydrogens is 294 g/mol. The first-order chi connectivity index (χ1) is 8.56. The highest BCUT2D eigenvalue weighted by Gasteiger charge is 2.41. The second-order valence-electron chi connectivity index (χ2n) is 5.11. The number of aryl methyl sites for hydroxylation is 2. The zero-order chi connectivity index (χ0) is 13.2. The Morgan fingerprint density at radius 3 is 2.78 bits per heavy atom. The van der Waals surface area contributed by atoms with Gasteiger partial charge in [0.25, 0.3) is 5.91 Å². The third kappa shape index (κ3) is 3.07. The summed E-state index contributed by atoms with van der Waals surface area (Å²) in [6.07, 6.45) is 3.55. The maximum absolute atomic E-state index is 12.1. The first-order valence-corrected chi connectivity index (χ1v) is 7.34. The molecule has 0 unspecified atom stereocenters. The molecule has 4 nitrogen and oxygen atoms in total. The number of aromatic nitrogens is 2. The van der Waals surface area contributed by atoms with E-state index in [1.165, 1.54) is 12.8 Å². The molecule has 0 radical (unpaired) electrons. The van der Waals surface area contributed by atoms with Crippen LogP contribution in [0.15, 0.2) is 6.07 Å². The van der Waals surface area contributed by atoms with Crippen molar-refractivity contribution < 1.29 is 4.79 Å². The van der Waals surface area contributed by atoms with E-state index in [-0.39, 0.29) is 5.91 Å². The van der Waals surface area contributed by atoms with Crippen LogP contribution < -0.4 is 5.32 Å². The Balaban J connectivity index is 1.98. The molecule has 2 rings (SSSR count). The lowest BCUT2D eigenvalue weighted by molar-refractivity contribution is 0.0943. The van der Waals surface area contributed by atoms with E-state index in [4.69, 9.17) is 0 Å². The summed E-state index contributed by atoms with van der Waals surface area (Å²) in [6, 6.07) is 1.79. The van der Waals surface area contributed by atoms with E-state index in [0.717, 1.165) is 24.0 Å². The minimum absolute atomic E-state index is 0.0358. The minimum atomic E-state index is -0.0358. The van der Waals surface area contributed by atoms with Crippen LogP contribution in [0.2, 0.25) is 0 Å². The van der Waals surface area contributed by atoms with Crippen LogP contribution in [-0.4, -0.2) is 28.0 Å². The minimum Gasteiger partial charge on any atom is -0.351 e. The fourth-order valence-corrected chi connectivity index (χ4v) is 2.88. The lowest BCUT2D eigenvalue weighted by atomic mass is 10.0. The molecule has 1 fully saturated rings. The number of hydrogen-bond donors (Lipinski definition) is 1. The molecule has 1 heterocycles. The van der Waals surface area contributed by atoms with Crippen LogP contribution in [0.25, 0.3) is 0 Å². The molecular formula is C13H18BrN3O. The Kier molecular flexibility index (Phi) is 4.00. The summed E-state index contributed by atoms with van der Waals surface area (Å²) in [6.45, 7) is 4.42. The maximum Gasteiger partial charge on any atom is 0.253 e. The normalized spacial score (nSPS) is 16.4. The first-order valence-electron chi connectivity index (χ1n) is 6.21. The van der Waals surface area contributed by atoms with Gasteiger partial charge in [-0.2, -0.15) is 10.2 Å². The maximum atomic E-state index is 12.1. The number of carbonyl (C=O) groups is 1. The molecule has 1 N–H and O–H groups in total. The van der Waals surface area contributed by atoms with Gasteiger partial charge in [-0.25, -0.2) is 0 Å². The van der Waals surface area contributed by atoms with E-state index in [1.807, 2.05) is 13.8 Å². The number of alkyl halides is 1. The van der Waals surface area contributed by atoms with Gasteiger partial charge < -0.3 is 5.32 Å². The Morgan fingerprint density at radius 1 is 1.44 bits per heavy atom. The van der Waals surface area contributed by atoms with Crippen molar-refractivity contribution in [2.45, 2.75) is 33.1 Å². The van der Waals surface area contributed by atoms with Gasteiger partial charge >= 0.3 is 0 Å². The lowest BCUT2D eigenvalue weighted by Crippen LogP contribution is -2.31. The summed E-state index contributed by atoms with van der Waals surface area (Å²) < 4.78 is 0. The summed E-state index contributed by atoms with van der Waals surface area (Å²) in [5, 5.41) is 11.9. The van der Waals surface area contributed by atoms with Crippen molar-refractivity contribution in [3.8, 4) is 0 Å². The van der Waals surface area contributed by atoms with Crippen molar-refractivity contribution >= 4 is 21.8 Å². The largest absolute Gasteiger partial charge is 0.351 e. The highest BCUT2D eigenvalue weighted by atomic mass is 79.9. The number of rotatable bonds is 5. The molecule has 0 aliphatic heterocycles. The summed E-state index contributed by atoms with van der Waals surface area (Å²) in [4.78, 5) is 12.1. The van der Waals surface area contributed by atoms with Crippen molar-refractivity contribution in [2.75, 3.05) is 11.9 Å². The monoisotopic (exact) mass is 311 g/mol. The smallest absolute Gasteiger partial charge is 0.253 e. The van der Waals surface area contributed by atoms with Gasteiger partial charge in [-0.1, -0.05) is 15.9 Å². The van der Waals surface area contributed by atoms with Crippen LogP contribution in [-0.2, 0) is 0 Å². The molecule has 5 heteroatoms. The van der Waals surface area contributed by atoms with Crippen molar-refractivity contribution in [1.82, 2.24) is 15.5 Å².